The minimum absolute atomic E-state index is 0.155. The predicted molar refractivity (Wildman–Crippen MR) is 123 cm³/mol. The first-order valence-corrected chi connectivity index (χ1v) is 11.3. The molecule has 1 aliphatic rings. The second-order valence-corrected chi connectivity index (χ2v) is 8.32. The fourth-order valence-electron chi connectivity index (χ4n) is 3.86. The topological polar surface area (TPSA) is 49.9 Å². The molecule has 2 aromatic carbocycles. The minimum atomic E-state index is 0.155. The molecule has 2 aromatic rings. The first-order valence-electron chi connectivity index (χ1n) is 11.3. The average molecular weight is 423 g/mol. The Balaban J connectivity index is 1.37. The van der Waals surface area contributed by atoms with Gasteiger partial charge in [-0.3, -0.25) is 9.59 Å². The molecule has 31 heavy (non-hydrogen) atoms. The molecule has 0 radical (unpaired) electrons. The van der Waals surface area contributed by atoms with Gasteiger partial charge < -0.3 is 14.5 Å². The second kappa shape index (κ2) is 11.5. The van der Waals surface area contributed by atoms with E-state index < -0.39 is 0 Å². The summed E-state index contributed by atoms with van der Waals surface area (Å²) in [5.74, 6) is 1.22. The lowest BCUT2D eigenvalue weighted by Crippen LogP contribution is -2.37. The fourth-order valence-corrected chi connectivity index (χ4v) is 3.86. The minimum Gasteiger partial charge on any atom is -0.493 e. The van der Waals surface area contributed by atoms with Crippen molar-refractivity contribution in [3.63, 3.8) is 0 Å². The third-order valence-electron chi connectivity index (χ3n) is 5.84. The van der Waals surface area contributed by atoms with Crippen molar-refractivity contribution in [2.75, 3.05) is 32.8 Å². The highest BCUT2D eigenvalue weighted by atomic mass is 16.5. The van der Waals surface area contributed by atoms with Crippen LogP contribution in [0.4, 0.5) is 0 Å². The summed E-state index contributed by atoms with van der Waals surface area (Å²) in [6, 6.07) is 16.3. The van der Waals surface area contributed by atoms with Crippen LogP contribution in [0.5, 0.6) is 5.75 Å². The van der Waals surface area contributed by atoms with E-state index in [1.54, 1.807) is 0 Å². The molecular formula is C26H34N2O3. The highest BCUT2D eigenvalue weighted by molar-refractivity contribution is 5.78. The Morgan fingerprint density at radius 2 is 1.48 bits per heavy atom. The van der Waals surface area contributed by atoms with Gasteiger partial charge in [0.15, 0.2) is 0 Å². The quantitative estimate of drug-likeness (QED) is 0.601. The SMILES string of the molecule is Cc1ccc(CCC(=O)N2CCCN(C(=O)CCCOc3ccccc3C)CC2)cc1. The predicted octanol–water partition coefficient (Wildman–Crippen LogP) is 4.16. The van der Waals surface area contributed by atoms with E-state index in [0.717, 1.165) is 37.2 Å². The van der Waals surface area contributed by atoms with Gasteiger partial charge in [0.2, 0.25) is 11.8 Å². The van der Waals surface area contributed by atoms with Gasteiger partial charge in [-0.25, -0.2) is 0 Å². The lowest BCUT2D eigenvalue weighted by Gasteiger charge is -2.22. The summed E-state index contributed by atoms with van der Waals surface area (Å²) in [7, 11) is 0. The van der Waals surface area contributed by atoms with Crippen LogP contribution in [-0.2, 0) is 16.0 Å². The van der Waals surface area contributed by atoms with Gasteiger partial charge in [0.1, 0.15) is 5.75 Å². The highest BCUT2D eigenvalue weighted by Crippen LogP contribution is 2.17. The Hall–Kier alpha value is -2.82. The molecule has 166 valence electrons. The van der Waals surface area contributed by atoms with Gasteiger partial charge in [-0.05, 0) is 50.3 Å². The van der Waals surface area contributed by atoms with Crippen molar-refractivity contribution in [1.29, 1.82) is 0 Å². The van der Waals surface area contributed by atoms with Crippen molar-refractivity contribution in [3.8, 4) is 5.75 Å². The van der Waals surface area contributed by atoms with Crippen molar-refractivity contribution in [2.45, 2.75) is 46.0 Å². The summed E-state index contributed by atoms with van der Waals surface area (Å²) in [6.45, 7) is 7.31. The smallest absolute Gasteiger partial charge is 0.222 e. The average Bonchev–Trinajstić information content (AvgIpc) is 3.03. The number of hydrogen-bond acceptors (Lipinski definition) is 3. The number of rotatable bonds is 8. The molecule has 3 rings (SSSR count). The molecule has 0 N–H and O–H groups in total. The molecule has 0 saturated carbocycles. The van der Waals surface area contributed by atoms with Crippen molar-refractivity contribution >= 4 is 11.8 Å². The molecule has 1 heterocycles. The van der Waals surface area contributed by atoms with Gasteiger partial charge in [-0.1, -0.05) is 48.0 Å². The number of hydrogen-bond donors (Lipinski definition) is 0. The zero-order valence-electron chi connectivity index (χ0n) is 18.8. The van der Waals surface area contributed by atoms with E-state index in [0.29, 0.717) is 39.0 Å². The van der Waals surface area contributed by atoms with Crippen LogP contribution < -0.4 is 4.74 Å². The van der Waals surface area contributed by atoms with Gasteiger partial charge in [0.25, 0.3) is 0 Å². The summed E-state index contributed by atoms with van der Waals surface area (Å²) >= 11 is 0. The van der Waals surface area contributed by atoms with Crippen LogP contribution in [-0.4, -0.2) is 54.4 Å². The third-order valence-corrected chi connectivity index (χ3v) is 5.84. The monoisotopic (exact) mass is 422 g/mol. The molecule has 0 unspecified atom stereocenters. The lowest BCUT2D eigenvalue weighted by molar-refractivity contribution is -0.133. The largest absolute Gasteiger partial charge is 0.493 e. The number of nitrogens with zero attached hydrogens (tertiary/aromatic N) is 2. The van der Waals surface area contributed by atoms with Crippen LogP contribution in [0.25, 0.3) is 0 Å². The first kappa shape index (κ1) is 22.9. The maximum atomic E-state index is 12.6. The normalized spacial score (nSPS) is 14.3. The van der Waals surface area contributed by atoms with E-state index in [-0.39, 0.29) is 11.8 Å². The summed E-state index contributed by atoms with van der Waals surface area (Å²) in [4.78, 5) is 29.1. The molecule has 2 amide bonds. The number of para-hydroxylation sites is 1. The summed E-state index contributed by atoms with van der Waals surface area (Å²) in [5.41, 5.74) is 3.53. The molecule has 0 aliphatic carbocycles. The van der Waals surface area contributed by atoms with Crippen molar-refractivity contribution in [1.82, 2.24) is 9.80 Å². The number of benzene rings is 2. The van der Waals surface area contributed by atoms with E-state index >= 15 is 0 Å². The maximum absolute atomic E-state index is 12.6. The third kappa shape index (κ3) is 7.12. The van der Waals surface area contributed by atoms with Crippen LogP contribution in [0.2, 0.25) is 0 Å². The van der Waals surface area contributed by atoms with E-state index in [9.17, 15) is 9.59 Å². The second-order valence-electron chi connectivity index (χ2n) is 8.32. The molecule has 5 heteroatoms. The molecule has 0 spiro atoms. The Morgan fingerprint density at radius 3 is 2.16 bits per heavy atom. The number of aryl methyl sites for hydroxylation is 3. The fraction of sp³-hybridized carbons (Fsp3) is 0.462. The van der Waals surface area contributed by atoms with Crippen molar-refractivity contribution < 1.29 is 14.3 Å². The van der Waals surface area contributed by atoms with Crippen molar-refractivity contribution in [2.24, 2.45) is 0 Å². The number of amides is 2. The molecule has 0 aromatic heterocycles. The van der Waals surface area contributed by atoms with Gasteiger partial charge >= 0.3 is 0 Å². The Kier molecular flexibility index (Phi) is 8.51. The molecule has 0 bridgehead atoms. The molecule has 1 saturated heterocycles. The summed E-state index contributed by atoms with van der Waals surface area (Å²) in [6.07, 6.45) is 3.30. The number of ether oxygens (including phenoxy) is 1. The van der Waals surface area contributed by atoms with Gasteiger partial charge in [-0.15, -0.1) is 0 Å². The molecular weight excluding hydrogens is 388 g/mol. The van der Waals surface area contributed by atoms with Crippen LogP contribution in [0, 0.1) is 13.8 Å². The van der Waals surface area contributed by atoms with Gasteiger partial charge in [0.05, 0.1) is 6.61 Å². The standard InChI is InChI=1S/C26H34N2O3/c1-21-10-12-23(13-11-21)14-15-26(30)28-17-6-16-27(18-19-28)25(29)9-5-20-31-24-8-4-3-7-22(24)2/h3-4,7-8,10-13H,5-6,9,14-20H2,1-2H3. The zero-order chi connectivity index (χ0) is 22.1. The molecule has 1 fully saturated rings. The van der Waals surface area contributed by atoms with E-state index in [1.165, 1.54) is 11.1 Å². The Labute approximate surface area is 186 Å². The lowest BCUT2D eigenvalue weighted by atomic mass is 10.1. The number of carbonyl (C=O) groups is 2. The molecule has 1 aliphatic heterocycles. The molecule has 5 nitrogen and oxygen atoms in total. The summed E-state index contributed by atoms with van der Waals surface area (Å²) < 4.78 is 5.79. The number of carbonyl (C=O) groups excluding carboxylic acids is 2. The van der Waals surface area contributed by atoms with Crippen molar-refractivity contribution in [3.05, 3.63) is 65.2 Å². The van der Waals surface area contributed by atoms with E-state index in [4.69, 9.17) is 4.74 Å². The highest BCUT2D eigenvalue weighted by Gasteiger charge is 2.21. The van der Waals surface area contributed by atoms with Crippen LogP contribution in [0.1, 0.15) is 42.4 Å². The van der Waals surface area contributed by atoms with Gasteiger partial charge in [0, 0.05) is 39.0 Å². The zero-order valence-corrected chi connectivity index (χ0v) is 18.8. The molecule has 0 atom stereocenters. The Bertz CT molecular complexity index is 863. The van der Waals surface area contributed by atoms with E-state index in [1.807, 2.05) is 41.0 Å². The Morgan fingerprint density at radius 1 is 0.839 bits per heavy atom. The van der Waals surface area contributed by atoms with Crippen LogP contribution >= 0.6 is 0 Å². The van der Waals surface area contributed by atoms with Crippen LogP contribution in [0.3, 0.4) is 0 Å². The summed E-state index contributed by atoms with van der Waals surface area (Å²) in [5, 5.41) is 0. The first-order chi connectivity index (χ1) is 15.0. The van der Waals surface area contributed by atoms with Gasteiger partial charge in [-0.2, -0.15) is 0 Å². The van der Waals surface area contributed by atoms with E-state index in [2.05, 4.69) is 31.2 Å². The van der Waals surface area contributed by atoms with Crippen LogP contribution in [0.15, 0.2) is 48.5 Å². The maximum Gasteiger partial charge on any atom is 0.222 e.